The molecule has 3 rings (SSSR count). The van der Waals surface area contributed by atoms with Gasteiger partial charge in [0.1, 0.15) is 19.0 Å². The van der Waals surface area contributed by atoms with Gasteiger partial charge in [0.05, 0.1) is 6.61 Å². The molecule has 0 amide bonds. The quantitative estimate of drug-likeness (QED) is 0.114. The SMILES string of the molecule is C=C(C)C(=O)OCCOc1c(-c2ccc(O)c(CCOC(=O)C(=C)C)c2)ccc(-c2ccc(CCCCC)cc2)c1F. The smallest absolute Gasteiger partial charge is 0.333 e. The molecule has 0 spiro atoms. The Labute approximate surface area is 247 Å². The predicted octanol–water partition coefficient (Wildman–Crippen LogP) is 7.76. The minimum absolute atomic E-state index is 0.00348. The third-order valence-corrected chi connectivity index (χ3v) is 6.69. The van der Waals surface area contributed by atoms with Crippen molar-refractivity contribution in [2.24, 2.45) is 0 Å². The van der Waals surface area contributed by atoms with Crippen LogP contribution in [0.4, 0.5) is 4.39 Å². The monoisotopic (exact) mass is 574 g/mol. The van der Waals surface area contributed by atoms with Crippen LogP contribution in [0.15, 0.2) is 78.9 Å². The molecule has 0 atom stereocenters. The summed E-state index contributed by atoms with van der Waals surface area (Å²) >= 11 is 0. The summed E-state index contributed by atoms with van der Waals surface area (Å²) in [6.07, 6.45) is 4.64. The van der Waals surface area contributed by atoms with E-state index in [9.17, 15) is 14.7 Å². The number of phenolic OH excluding ortho intramolecular Hbond substituents is 1. The number of unbranched alkanes of at least 4 members (excludes halogenated alkanes) is 2. The standard InChI is InChI=1S/C35H39FO6/c1-6-7-8-9-25-10-12-26(13-11-25)29-15-16-30(33(32(29)36)40-20-21-42-35(39)24(4)5)27-14-17-31(37)28(22-27)18-19-41-34(38)23(2)3/h10-17,22,37H,2,4,6-9,18-21H2,1,3,5H3. The van der Waals surface area contributed by atoms with Crippen LogP contribution in [0.25, 0.3) is 22.3 Å². The van der Waals surface area contributed by atoms with Crippen LogP contribution in [-0.4, -0.2) is 36.9 Å². The molecule has 0 aliphatic heterocycles. The van der Waals surface area contributed by atoms with E-state index in [-0.39, 0.29) is 48.9 Å². The zero-order valence-electron chi connectivity index (χ0n) is 24.6. The van der Waals surface area contributed by atoms with Gasteiger partial charge >= 0.3 is 11.9 Å². The first kappa shape index (κ1) is 32.1. The fourth-order valence-electron chi connectivity index (χ4n) is 4.31. The second kappa shape index (κ2) is 15.6. The van der Waals surface area contributed by atoms with Crippen LogP contribution in [0.3, 0.4) is 0 Å². The zero-order valence-corrected chi connectivity index (χ0v) is 24.6. The van der Waals surface area contributed by atoms with Crippen LogP contribution < -0.4 is 4.74 Å². The lowest BCUT2D eigenvalue weighted by atomic mass is 9.95. The Morgan fingerprint density at radius 2 is 1.40 bits per heavy atom. The van der Waals surface area contributed by atoms with Gasteiger partial charge in [-0.1, -0.05) is 69.3 Å². The molecule has 3 aromatic carbocycles. The van der Waals surface area contributed by atoms with Crippen molar-refractivity contribution in [3.63, 3.8) is 0 Å². The fourth-order valence-corrected chi connectivity index (χ4v) is 4.31. The number of carbonyl (C=O) groups is 2. The van der Waals surface area contributed by atoms with Gasteiger partial charge in [0, 0.05) is 28.7 Å². The molecular weight excluding hydrogens is 535 g/mol. The van der Waals surface area contributed by atoms with E-state index in [1.54, 1.807) is 38.1 Å². The normalized spacial score (nSPS) is 10.7. The van der Waals surface area contributed by atoms with Gasteiger partial charge in [-0.2, -0.15) is 0 Å². The van der Waals surface area contributed by atoms with Gasteiger partial charge in [-0.25, -0.2) is 14.0 Å². The Morgan fingerprint density at radius 3 is 2.05 bits per heavy atom. The van der Waals surface area contributed by atoms with Crippen LogP contribution in [0.1, 0.15) is 51.2 Å². The molecule has 0 saturated carbocycles. The number of phenols is 1. The maximum atomic E-state index is 16.2. The van der Waals surface area contributed by atoms with Crippen LogP contribution in [0.2, 0.25) is 0 Å². The van der Waals surface area contributed by atoms with Crippen molar-refractivity contribution in [2.75, 3.05) is 19.8 Å². The first-order valence-electron chi connectivity index (χ1n) is 14.1. The van der Waals surface area contributed by atoms with E-state index in [2.05, 4.69) is 20.1 Å². The van der Waals surface area contributed by atoms with Crippen molar-refractivity contribution in [3.05, 3.63) is 95.8 Å². The molecule has 0 aromatic heterocycles. The van der Waals surface area contributed by atoms with Crippen LogP contribution in [0, 0.1) is 5.82 Å². The molecule has 42 heavy (non-hydrogen) atoms. The molecule has 1 N–H and O–H groups in total. The maximum absolute atomic E-state index is 16.2. The van der Waals surface area contributed by atoms with Crippen molar-refractivity contribution < 1.29 is 33.3 Å². The Hall–Kier alpha value is -4.39. The van der Waals surface area contributed by atoms with E-state index in [4.69, 9.17) is 14.2 Å². The molecule has 3 aromatic rings. The molecule has 0 aliphatic carbocycles. The molecule has 222 valence electrons. The highest BCUT2D eigenvalue weighted by Gasteiger charge is 2.19. The second-order valence-electron chi connectivity index (χ2n) is 10.2. The highest BCUT2D eigenvalue weighted by Crippen LogP contribution is 2.39. The third-order valence-electron chi connectivity index (χ3n) is 6.69. The van der Waals surface area contributed by atoms with E-state index < -0.39 is 17.8 Å². The minimum Gasteiger partial charge on any atom is -0.508 e. The molecule has 0 bridgehead atoms. The van der Waals surface area contributed by atoms with E-state index in [0.717, 1.165) is 19.3 Å². The molecule has 0 saturated heterocycles. The number of halogens is 1. The number of aryl methyl sites for hydroxylation is 1. The molecule has 0 aliphatic rings. The summed E-state index contributed by atoms with van der Waals surface area (Å²) in [6, 6.07) is 16.2. The van der Waals surface area contributed by atoms with Gasteiger partial charge in [0.25, 0.3) is 0 Å². The van der Waals surface area contributed by atoms with Crippen LogP contribution in [-0.2, 0) is 31.9 Å². The first-order valence-corrected chi connectivity index (χ1v) is 14.1. The topological polar surface area (TPSA) is 82.1 Å². The molecule has 0 fully saturated rings. The number of rotatable bonds is 15. The summed E-state index contributed by atoms with van der Waals surface area (Å²) in [5.74, 6) is -1.60. The Morgan fingerprint density at radius 1 is 0.786 bits per heavy atom. The molecule has 7 heteroatoms. The summed E-state index contributed by atoms with van der Waals surface area (Å²) in [5, 5.41) is 10.4. The number of aromatic hydroxyl groups is 1. The average molecular weight is 575 g/mol. The Bertz CT molecular complexity index is 1420. The summed E-state index contributed by atoms with van der Waals surface area (Å²) < 4.78 is 32.3. The number of hydrogen-bond donors (Lipinski definition) is 1. The number of benzene rings is 3. The lowest BCUT2D eigenvalue weighted by Crippen LogP contribution is -2.13. The number of ether oxygens (including phenoxy) is 3. The predicted molar refractivity (Wildman–Crippen MR) is 163 cm³/mol. The largest absolute Gasteiger partial charge is 0.508 e. The van der Waals surface area contributed by atoms with Gasteiger partial charge in [-0.15, -0.1) is 0 Å². The van der Waals surface area contributed by atoms with Gasteiger partial charge in [-0.05, 0) is 67.1 Å². The molecular formula is C35H39FO6. The number of carbonyl (C=O) groups excluding carboxylic acids is 2. The van der Waals surface area contributed by atoms with E-state index in [0.29, 0.717) is 27.8 Å². The van der Waals surface area contributed by atoms with Gasteiger partial charge < -0.3 is 19.3 Å². The van der Waals surface area contributed by atoms with Gasteiger partial charge in [-0.3, -0.25) is 0 Å². The van der Waals surface area contributed by atoms with E-state index in [1.165, 1.54) is 18.1 Å². The molecule has 0 unspecified atom stereocenters. The van der Waals surface area contributed by atoms with Crippen LogP contribution in [0.5, 0.6) is 11.5 Å². The second-order valence-corrected chi connectivity index (χ2v) is 10.2. The fraction of sp³-hybridized carbons (Fsp3) is 0.314. The van der Waals surface area contributed by atoms with E-state index in [1.807, 2.05) is 24.3 Å². The Balaban J connectivity index is 1.92. The van der Waals surface area contributed by atoms with Crippen molar-refractivity contribution in [1.82, 2.24) is 0 Å². The third kappa shape index (κ3) is 8.80. The van der Waals surface area contributed by atoms with Crippen molar-refractivity contribution >= 4 is 11.9 Å². The minimum atomic E-state index is -0.553. The van der Waals surface area contributed by atoms with Crippen molar-refractivity contribution in [1.29, 1.82) is 0 Å². The van der Waals surface area contributed by atoms with Crippen molar-refractivity contribution in [2.45, 2.75) is 52.9 Å². The van der Waals surface area contributed by atoms with Crippen molar-refractivity contribution in [3.8, 4) is 33.8 Å². The first-order chi connectivity index (χ1) is 20.1. The maximum Gasteiger partial charge on any atom is 0.333 e. The summed E-state index contributed by atoms with van der Waals surface area (Å²) in [7, 11) is 0. The lowest BCUT2D eigenvalue weighted by Gasteiger charge is -2.17. The van der Waals surface area contributed by atoms with E-state index >= 15 is 4.39 Å². The molecule has 0 radical (unpaired) electrons. The number of hydrogen-bond acceptors (Lipinski definition) is 6. The van der Waals surface area contributed by atoms with Crippen LogP contribution >= 0.6 is 0 Å². The average Bonchev–Trinajstić information content (AvgIpc) is 2.97. The highest BCUT2D eigenvalue weighted by molar-refractivity contribution is 5.87. The van der Waals surface area contributed by atoms with Gasteiger partial charge in [0.2, 0.25) is 0 Å². The summed E-state index contributed by atoms with van der Waals surface area (Å²) in [6.45, 7) is 12.3. The molecule has 0 heterocycles. The lowest BCUT2D eigenvalue weighted by molar-refractivity contribution is -0.140. The molecule has 6 nitrogen and oxygen atoms in total. The summed E-state index contributed by atoms with van der Waals surface area (Å²) in [4.78, 5) is 23.5. The van der Waals surface area contributed by atoms with Gasteiger partial charge in [0.15, 0.2) is 11.6 Å². The zero-order chi connectivity index (χ0) is 30.6. The highest BCUT2D eigenvalue weighted by atomic mass is 19.1. The number of esters is 2. The summed E-state index contributed by atoms with van der Waals surface area (Å²) in [5.41, 5.74) is 4.40. The Kier molecular flexibility index (Phi) is 11.9.